The van der Waals surface area contributed by atoms with Gasteiger partial charge in [-0.05, 0) is 43.2 Å². The molecule has 0 bridgehead atoms. The molecule has 3 aromatic rings. The molecule has 0 aliphatic carbocycles. The standard InChI is InChI=1S/C19H21N3O3S/c1-13-8-9-14(2)16(10-13)21-19(23)11-22-17-7-5-4-6-15(17)20-18(22)12-26(3,24)25/h4-10H,11-12H2,1-3H3,(H,21,23). The van der Waals surface area contributed by atoms with E-state index >= 15 is 0 Å². The van der Waals surface area contributed by atoms with E-state index in [-0.39, 0.29) is 18.2 Å². The summed E-state index contributed by atoms with van der Waals surface area (Å²) in [4.78, 5) is 17.0. The number of anilines is 1. The van der Waals surface area contributed by atoms with Crippen molar-refractivity contribution in [2.75, 3.05) is 11.6 Å². The van der Waals surface area contributed by atoms with Crippen LogP contribution in [0.2, 0.25) is 0 Å². The van der Waals surface area contributed by atoms with Gasteiger partial charge in [0.15, 0.2) is 9.84 Å². The first kappa shape index (κ1) is 18.1. The molecule has 0 unspecified atom stereocenters. The van der Waals surface area contributed by atoms with Crippen LogP contribution in [0.15, 0.2) is 42.5 Å². The molecule has 1 amide bonds. The number of nitrogens with zero attached hydrogens (tertiary/aromatic N) is 2. The molecule has 7 heteroatoms. The van der Waals surface area contributed by atoms with Gasteiger partial charge in [-0.2, -0.15) is 0 Å². The molecular weight excluding hydrogens is 350 g/mol. The molecule has 3 rings (SSSR count). The Morgan fingerprint density at radius 2 is 1.88 bits per heavy atom. The third-order valence-corrected chi connectivity index (χ3v) is 4.88. The smallest absolute Gasteiger partial charge is 0.244 e. The van der Waals surface area contributed by atoms with Gasteiger partial charge in [-0.1, -0.05) is 24.3 Å². The number of benzene rings is 2. The fourth-order valence-corrected chi connectivity index (χ4v) is 3.54. The van der Waals surface area contributed by atoms with Crippen molar-refractivity contribution in [1.29, 1.82) is 0 Å². The van der Waals surface area contributed by atoms with Crippen LogP contribution in [0.5, 0.6) is 0 Å². The number of para-hydroxylation sites is 2. The Kier molecular flexibility index (Phi) is 4.82. The predicted octanol–water partition coefficient (Wildman–Crippen LogP) is 2.84. The number of rotatable bonds is 5. The maximum atomic E-state index is 12.6. The van der Waals surface area contributed by atoms with Crippen LogP contribution in [0, 0.1) is 13.8 Å². The number of hydrogen-bond acceptors (Lipinski definition) is 4. The van der Waals surface area contributed by atoms with Crippen molar-refractivity contribution in [3.8, 4) is 0 Å². The number of aromatic nitrogens is 2. The van der Waals surface area contributed by atoms with E-state index in [9.17, 15) is 13.2 Å². The van der Waals surface area contributed by atoms with Crippen LogP contribution in [0.1, 0.15) is 17.0 Å². The maximum absolute atomic E-state index is 12.6. The SMILES string of the molecule is Cc1ccc(C)c(NC(=O)Cn2c(CS(C)(=O)=O)nc3ccccc32)c1. The lowest BCUT2D eigenvalue weighted by Crippen LogP contribution is -2.21. The minimum absolute atomic E-state index is 0.00124. The highest BCUT2D eigenvalue weighted by atomic mass is 32.2. The monoisotopic (exact) mass is 371 g/mol. The normalized spacial score (nSPS) is 11.7. The number of amides is 1. The average Bonchev–Trinajstić information content (AvgIpc) is 2.86. The Hall–Kier alpha value is -2.67. The summed E-state index contributed by atoms with van der Waals surface area (Å²) in [6, 6.07) is 13.2. The van der Waals surface area contributed by atoms with Crippen LogP contribution in [0.25, 0.3) is 11.0 Å². The summed E-state index contributed by atoms with van der Waals surface area (Å²) in [5.41, 5.74) is 4.18. The first-order valence-electron chi connectivity index (χ1n) is 8.22. The molecule has 6 nitrogen and oxygen atoms in total. The minimum atomic E-state index is -3.27. The summed E-state index contributed by atoms with van der Waals surface area (Å²) in [7, 11) is -3.27. The van der Waals surface area contributed by atoms with Crippen molar-refractivity contribution in [2.45, 2.75) is 26.1 Å². The number of aryl methyl sites for hydroxylation is 2. The second-order valence-electron chi connectivity index (χ2n) is 6.54. The van der Waals surface area contributed by atoms with E-state index in [0.717, 1.165) is 28.6 Å². The summed E-state index contributed by atoms with van der Waals surface area (Å²) in [5, 5.41) is 2.91. The fraction of sp³-hybridized carbons (Fsp3) is 0.263. The van der Waals surface area contributed by atoms with Crippen molar-refractivity contribution >= 4 is 32.5 Å². The predicted molar refractivity (Wildman–Crippen MR) is 103 cm³/mol. The van der Waals surface area contributed by atoms with E-state index in [1.807, 2.05) is 50.2 Å². The number of carbonyl (C=O) groups excluding carboxylic acids is 1. The zero-order chi connectivity index (χ0) is 18.9. The van der Waals surface area contributed by atoms with Gasteiger partial charge in [0.2, 0.25) is 5.91 Å². The Labute approximate surface area is 152 Å². The molecular formula is C19H21N3O3S. The van der Waals surface area contributed by atoms with Gasteiger partial charge >= 0.3 is 0 Å². The maximum Gasteiger partial charge on any atom is 0.244 e. The molecule has 0 spiro atoms. The largest absolute Gasteiger partial charge is 0.324 e. The Morgan fingerprint density at radius 1 is 1.15 bits per heavy atom. The Morgan fingerprint density at radius 3 is 2.62 bits per heavy atom. The Balaban J connectivity index is 1.93. The molecule has 0 saturated heterocycles. The van der Waals surface area contributed by atoms with Gasteiger partial charge < -0.3 is 9.88 Å². The van der Waals surface area contributed by atoms with E-state index in [2.05, 4.69) is 10.3 Å². The molecule has 2 aromatic carbocycles. The highest BCUT2D eigenvalue weighted by Crippen LogP contribution is 2.19. The number of nitrogens with one attached hydrogen (secondary N) is 1. The summed E-state index contributed by atoms with van der Waals surface area (Å²) in [6.45, 7) is 3.89. The topological polar surface area (TPSA) is 81.1 Å². The highest BCUT2D eigenvalue weighted by molar-refractivity contribution is 7.89. The number of hydrogen-bond donors (Lipinski definition) is 1. The molecule has 136 valence electrons. The van der Waals surface area contributed by atoms with Gasteiger partial charge in [0.1, 0.15) is 18.1 Å². The van der Waals surface area contributed by atoms with Crippen molar-refractivity contribution in [1.82, 2.24) is 9.55 Å². The zero-order valence-corrected chi connectivity index (χ0v) is 15.8. The molecule has 0 aliphatic rings. The van der Waals surface area contributed by atoms with Crippen molar-refractivity contribution in [2.24, 2.45) is 0 Å². The number of sulfone groups is 1. The van der Waals surface area contributed by atoms with Crippen LogP contribution in [-0.2, 0) is 26.9 Å². The molecule has 1 N–H and O–H groups in total. The summed E-state index contributed by atoms with van der Waals surface area (Å²) in [5.74, 6) is -0.0697. The van der Waals surface area contributed by atoms with E-state index in [0.29, 0.717) is 11.3 Å². The van der Waals surface area contributed by atoms with E-state index in [1.165, 1.54) is 0 Å². The van der Waals surface area contributed by atoms with Gasteiger partial charge in [0, 0.05) is 11.9 Å². The fourth-order valence-electron chi connectivity index (χ4n) is 2.85. The lowest BCUT2D eigenvalue weighted by Gasteiger charge is -2.12. The molecule has 0 radical (unpaired) electrons. The number of fused-ring (bicyclic) bond motifs is 1. The summed E-state index contributed by atoms with van der Waals surface area (Å²) >= 11 is 0. The van der Waals surface area contributed by atoms with Gasteiger partial charge in [-0.3, -0.25) is 4.79 Å². The van der Waals surface area contributed by atoms with E-state index < -0.39 is 9.84 Å². The highest BCUT2D eigenvalue weighted by Gasteiger charge is 2.17. The molecule has 1 heterocycles. The lowest BCUT2D eigenvalue weighted by atomic mass is 10.1. The first-order chi connectivity index (χ1) is 12.2. The summed E-state index contributed by atoms with van der Waals surface area (Å²) in [6.07, 6.45) is 1.16. The van der Waals surface area contributed by atoms with Crippen LogP contribution in [-0.4, -0.2) is 30.1 Å². The van der Waals surface area contributed by atoms with Crippen molar-refractivity contribution in [3.63, 3.8) is 0 Å². The van der Waals surface area contributed by atoms with Crippen LogP contribution in [0.3, 0.4) is 0 Å². The number of imidazole rings is 1. The molecule has 0 fully saturated rings. The van der Waals surface area contributed by atoms with Crippen LogP contribution in [0.4, 0.5) is 5.69 Å². The van der Waals surface area contributed by atoms with Gasteiger partial charge in [0.05, 0.1) is 11.0 Å². The number of carbonyl (C=O) groups is 1. The molecule has 0 saturated carbocycles. The van der Waals surface area contributed by atoms with E-state index in [4.69, 9.17) is 0 Å². The molecule has 0 aliphatic heterocycles. The second-order valence-corrected chi connectivity index (χ2v) is 8.68. The third kappa shape index (κ3) is 4.11. The molecule has 1 aromatic heterocycles. The average molecular weight is 371 g/mol. The third-order valence-electron chi connectivity index (χ3n) is 4.09. The van der Waals surface area contributed by atoms with Gasteiger partial charge in [0.25, 0.3) is 0 Å². The van der Waals surface area contributed by atoms with Crippen LogP contribution < -0.4 is 5.32 Å². The van der Waals surface area contributed by atoms with Gasteiger partial charge in [-0.25, -0.2) is 13.4 Å². The van der Waals surface area contributed by atoms with Gasteiger partial charge in [-0.15, -0.1) is 0 Å². The van der Waals surface area contributed by atoms with E-state index in [1.54, 1.807) is 10.6 Å². The quantitative estimate of drug-likeness (QED) is 0.748. The second kappa shape index (κ2) is 6.92. The summed E-state index contributed by atoms with van der Waals surface area (Å²) < 4.78 is 25.1. The zero-order valence-electron chi connectivity index (χ0n) is 15.0. The van der Waals surface area contributed by atoms with Crippen molar-refractivity contribution < 1.29 is 13.2 Å². The van der Waals surface area contributed by atoms with Crippen molar-refractivity contribution in [3.05, 3.63) is 59.4 Å². The Bertz CT molecular complexity index is 1080. The first-order valence-corrected chi connectivity index (χ1v) is 10.3. The lowest BCUT2D eigenvalue weighted by molar-refractivity contribution is -0.116. The molecule has 0 atom stereocenters. The minimum Gasteiger partial charge on any atom is -0.324 e. The van der Waals surface area contributed by atoms with Crippen LogP contribution >= 0.6 is 0 Å². The molecule has 26 heavy (non-hydrogen) atoms.